The molecule has 33 heavy (non-hydrogen) atoms. The summed E-state index contributed by atoms with van der Waals surface area (Å²) in [5, 5.41) is 6.53. The maximum absolute atomic E-state index is 5.41. The van der Waals surface area contributed by atoms with Crippen molar-refractivity contribution in [2.75, 3.05) is 32.0 Å². The number of methoxy groups -OCH3 is 3. The number of hydrogen-bond donors (Lipinski definition) is 2. The smallest absolute Gasteiger partial charge is 0.230 e. The molecular weight excluding hydrogens is 420 g/mol. The van der Waals surface area contributed by atoms with E-state index < -0.39 is 0 Å². The molecule has 0 bridgehead atoms. The molecular formula is C24H24N6O3. The molecule has 0 aliphatic carbocycles. The van der Waals surface area contributed by atoms with Gasteiger partial charge in [-0.2, -0.15) is 4.98 Å². The SMILES string of the molecule is COc1cc(Nc2ncnc(-c3cccnc3NCc3ccccc3)n2)cc(OC)c1OC. The Morgan fingerprint density at radius 3 is 2.27 bits per heavy atom. The van der Waals surface area contributed by atoms with Crippen LogP contribution in [-0.2, 0) is 6.54 Å². The summed E-state index contributed by atoms with van der Waals surface area (Å²) in [5.41, 5.74) is 2.59. The lowest BCUT2D eigenvalue weighted by Crippen LogP contribution is -2.05. The van der Waals surface area contributed by atoms with Crippen LogP contribution < -0.4 is 24.8 Å². The number of rotatable bonds is 9. The van der Waals surface area contributed by atoms with Crippen molar-refractivity contribution in [1.29, 1.82) is 0 Å². The first kappa shape index (κ1) is 21.8. The summed E-state index contributed by atoms with van der Waals surface area (Å²) >= 11 is 0. The van der Waals surface area contributed by atoms with Crippen molar-refractivity contribution >= 4 is 17.5 Å². The summed E-state index contributed by atoms with van der Waals surface area (Å²) in [6, 6.07) is 17.4. The van der Waals surface area contributed by atoms with E-state index in [4.69, 9.17) is 14.2 Å². The first-order valence-corrected chi connectivity index (χ1v) is 10.2. The number of benzene rings is 2. The van der Waals surface area contributed by atoms with E-state index in [2.05, 4.69) is 42.7 Å². The van der Waals surface area contributed by atoms with Crippen LogP contribution in [0.3, 0.4) is 0 Å². The van der Waals surface area contributed by atoms with Crippen LogP contribution in [0.1, 0.15) is 5.56 Å². The fourth-order valence-corrected chi connectivity index (χ4v) is 3.28. The minimum Gasteiger partial charge on any atom is -0.493 e. The maximum Gasteiger partial charge on any atom is 0.230 e. The first-order valence-electron chi connectivity index (χ1n) is 10.2. The van der Waals surface area contributed by atoms with Gasteiger partial charge in [0, 0.05) is 30.6 Å². The molecule has 4 aromatic rings. The zero-order chi connectivity index (χ0) is 23.0. The van der Waals surface area contributed by atoms with Gasteiger partial charge >= 0.3 is 0 Å². The summed E-state index contributed by atoms with van der Waals surface area (Å²) in [6.07, 6.45) is 3.18. The molecule has 0 fully saturated rings. The summed E-state index contributed by atoms with van der Waals surface area (Å²) in [5.74, 6) is 3.09. The molecule has 0 radical (unpaired) electrons. The molecule has 0 atom stereocenters. The number of nitrogens with zero attached hydrogens (tertiary/aromatic N) is 4. The third-order valence-corrected chi connectivity index (χ3v) is 4.84. The van der Waals surface area contributed by atoms with Crippen LogP contribution in [0, 0.1) is 0 Å². The number of aromatic nitrogens is 4. The van der Waals surface area contributed by atoms with E-state index in [1.54, 1.807) is 39.7 Å². The van der Waals surface area contributed by atoms with E-state index >= 15 is 0 Å². The van der Waals surface area contributed by atoms with Crippen LogP contribution in [-0.4, -0.2) is 41.3 Å². The summed E-state index contributed by atoms with van der Waals surface area (Å²) in [4.78, 5) is 17.7. The predicted octanol–water partition coefficient (Wildman–Crippen LogP) is 4.32. The minimum absolute atomic E-state index is 0.368. The molecule has 9 nitrogen and oxygen atoms in total. The summed E-state index contributed by atoms with van der Waals surface area (Å²) < 4.78 is 16.2. The topological polar surface area (TPSA) is 103 Å². The van der Waals surface area contributed by atoms with Crippen molar-refractivity contribution in [2.45, 2.75) is 6.54 Å². The summed E-state index contributed by atoms with van der Waals surface area (Å²) in [6.45, 7) is 0.631. The van der Waals surface area contributed by atoms with Crippen molar-refractivity contribution in [3.05, 3.63) is 72.7 Å². The van der Waals surface area contributed by atoms with E-state index in [0.29, 0.717) is 47.1 Å². The van der Waals surface area contributed by atoms with E-state index in [9.17, 15) is 0 Å². The molecule has 2 aromatic carbocycles. The first-order chi connectivity index (χ1) is 16.2. The van der Waals surface area contributed by atoms with Gasteiger partial charge in [-0.1, -0.05) is 30.3 Å². The molecule has 9 heteroatoms. The Balaban J connectivity index is 1.59. The molecule has 2 aromatic heterocycles. The van der Waals surface area contributed by atoms with Gasteiger partial charge in [0.1, 0.15) is 12.1 Å². The van der Waals surface area contributed by atoms with Crippen LogP contribution >= 0.6 is 0 Å². The molecule has 2 heterocycles. The standard InChI is InChI=1S/C24H24N6O3/c1-31-19-12-17(13-20(32-2)21(19)33-3)29-24-28-15-27-23(30-24)18-10-7-11-25-22(18)26-14-16-8-5-4-6-9-16/h4-13,15H,14H2,1-3H3,(H,25,26)(H,27,28,29,30). The molecule has 4 rings (SSSR count). The van der Waals surface area contributed by atoms with Gasteiger partial charge in [0.05, 0.1) is 26.9 Å². The Morgan fingerprint density at radius 1 is 0.818 bits per heavy atom. The van der Waals surface area contributed by atoms with Crippen LogP contribution in [0.5, 0.6) is 17.2 Å². The van der Waals surface area contributed by atoms with E-state index in [1.165, 1.54) is 6.33 Å². The number of hydrogen-bond acceptors (Lipinski definition) is 9. The molecule has 0 saturated carbocycles. The zero-order valence-corrected chi connectivity index (χ0v) is 18.6. The van der Waals surface area contributed by atoms with Gasteiger partial charge in [-0.3, -0.25) is 0 Å². The Morgan fingerprint density at radius 2 is 1.58 bits per heavy atom. The van der Waals surface area contributed by atoms with Crippen molar-refractivity contribution in [1.82, 2.24) is 19.9 Å². The molecule has 0 spiro atoms. The predicted molar refractivity (Wildman–Crippen MR) is 126 cm³/mol. The largest absolute Gasteiger partial charge is 0.493 e. The fourth-order valence-electron chi connectivity index (χ4n) is 3.28. The second-order valence-electron chi connectivity index (χ2n) is 6.91. The molecule has 0 aliphatic rings. The van der Waals surface area contributed by atoms with Gasteiger partial charge in [-0.15, -0.1) is 0 Å². The van der Waals surface area contributed by atoms with Crippen LogP contribution in [0.2, 0.25) is 0 Å². The van der Waals surface area contributed by atoms with Gasteiger partial charge in [0.2, 0.25) is 11.7 Å². The Hall–Kier alpha value is -4.40. The van der Waals surface area contributed by atoms with Gasteiger partial charge in [0.25, 0.3) is 0 Å². The average molecular weight is 444 g/mol. The third-order valence-electron chi connectivity index (χ3n) is 4.84. The monoisotopic (exact) mass is 444 g/mol. The Bertz CT molecular complexity index is 1190. The van der Waals surface area contributed by atoms with Gasteiger partial charge in [0.15, 0.2) is 17.3 Å². The lowest BCUT2D eigenvalue weighted by Gasteiger charge is -2.15. The Kier molecular flexibility index (Phi) is 6.79. The fraction of sp³-hybridized carbons (Fsp3) is 0.167. The second-order valence-corrected chi connectivity index (χ2v) is 6.91. The molecule has 0 amide bonds. The quantitative estimate of drug-likeness (QED) is 0.391. The Labute approximate surface area is 191 Å². The lowest BCUT2D eigenvalue weighted by molar-refractivity contribution is 0.324. The second kappa shape index (κ2) is 10.3. The number of ether oxygens (including phenoxy) is 3. The van der Waals surface area contributed by atoms with Crippen molar-refractivity contribution in [3.63, 3.8) is 0 Å². The number of nitrogens with one attached hydrogen (secondary N) is 2. The minimum atomic E-state index is 0.368. The van der Waals surface area contributed by atoms with E-state index in [-0.39, 0.29) is 0 Å². The summed E-state index contributed by atoms with van der Waals surface area (Å²) in [7, 11) is 4.69. The zero-order valence-electron chi connectivity index (χ0n) is 18.6. The van der Waals surface area contributed by atoms with E-state index in [1.807, 2.05) is 30.3 Å². The molecule has 0 saturated heterocycles. The normalized spacial score (nSPS) is 10.4. The molecule has 0 unspecified atom stereocenters. The van der Waals surface area contributed by atoms with Gasteiger partial charge in [-0.25, -0.2) is 15.0 Å². The lowest BCUT2D eigenvalue weighted by atomic mass is 10.2. The van der Waals surface area contributed by atoms with Crippen molar-refractivity contribution in [2.24, 2.45) is 0 Å². The maximum atomic E-state index is 5.41. The van der Waals surface area contributed by atoms with Crippen LogP contribution in [0.4, 0.5) is 17.5 Å². The highest BCUT2D eigenvalue weighted by atomic mass is 16.5. The molecule has 2 N–H and O–H groups in total. The average Bonchev–Trinajstić information content (AvgIpc) is 2.87. The number of anilines is 3. The highest BCUT2D eigenvalue weighted by Crippen LogP contribution is 2.40. The number of pyridine rings is 1. The van der Waals surface area contributed by atoms with Crippen LogP contribution in [0.15, 0.2) is 67.1 Å². The van der Waals surface area contributed by atoms with Crippen LogP contribution in [0.25, 0.3) is 11.4 Å². The van der Waals surface area contributed by atoms with Crippen molar-refractivity contribution < 1.29 is 14.2 Å². The third kappa shape index (κ3) is 5.09. The molecule has 0 aliphatic heterocycles. The van der Waals surface area contributed by atoms with E-state index in [0.717, 1.165) is 11.1 Å². The highest BCUT2D eigenvalue weighted by molar-refractivity contribution is 5.71. The molecule has 168 valence electrons. The highest BCUT2D eigenvalue weighted by Gasteiger charge is 2.15. The van der Waals surface area contributed by atoms with Gasteiger partial charge in [-0.05, 0) is 17.7 Å². The van der Waals surface area contributed by atoms with Gasteiger partial charge < -0.3 is 24.8 Å². The van der Waals surface area contributed by atoms with Crippen molar-refractivity contribution in [3.8, 4) is 28.6 Å².